The Kier molecular flexibility index (Phi) is 20.0. The van der Waals surface area contributed by atoms with Gasteiger partial charge in [0.05, 0.1) is 20.3 Å². The van der Waals surface area contributed by atoms with Crippen LogP contribution in [0.25, 0.3) is 0 Å². The van der Waals surface area contributed by atoms with Crippen LogP contribution in [0.3, 0.4) is 0 Å². The second-order valence-corrected chi connectivity index (χ2v) is 13.8. The minimum atomic E-state index is -1.07. The second-order valence-electron chi connectivity index (χ2n) is 12.8. The van der Waals surface area contributed by atoms with Crippen LogP contribution in [-0.4, -0.2) is 105 Å². The van der Waals surface area contributed by atoms with E-state index < -0.39 is 23.3 Å². The van der Waals surface area contributed by atoms with Crippen molar-refractivity contribution >= 4 is 58.6 Å². The zero-order valence-electron chi connectivity index (χ0n) is 29.8. The lowest BCUT2D eigenvalue weighted by Crippen LogP contribution is -3.00. The van der Waals surface area contributed by atoms with Gasteiger partial charge in [0, 0.05) is 48.1 Å². The van der Waals surface area contributed by atoms with E-state index in [9.17, 15) is 19.2 Å². The highest BCUT2D eigenvalue weighted by atomic mass is 35.5. The first-order chi connectivity index (χ1) is 23.9. The number of carbonyl (C=O) groups excluding carboxylic acids is 4. The minimum Gasteiger partial charge on any atom is -1.00 e. The molecule has 0 spiro atoms. The lowest BCUT2D eigenvalue weighted by molar-refractivity contribution is -0.932. The number of morpholine rings is 1. The molecule has 2 atom stereocenters. The number of benzene rings is 2. The number of ketones is 2. The third kappa shape index (κ3) is 10.5. The predicted molar refractivity (Wildman–Crippen MR) is 201 cm³/mol. The fourth-order valence-electron chi connectivity index (χ4n) is 6.93. The number of hydrogen-bond acceptors (Lipinski definition) is 8. The number of halogens is 4. The molecule has 5 rings (SSSR count). The Morgan fingerprint density at radius 1 is 0.788 bits per heavy atom. The van der Waals surface area contributed by atoms with E-state index in [1.54, 1.807) is 38.4 Å². The van der Waals surface area contributed by atoms with Gasteiger partial charge in [0.2, 0.25) is 6.73 Å². The molecule has 11 nitrogen and oxygen atoms in total. The Bertz CT molecular complexity index is 1480. The number of likely N-dealkylation sites (N-methyl/N-ethyl adjacent to an activating group) is 3. The summed E-state index contributed by atoms with van der Waals surface area (Å²) in [5.74, 6) is 0.00365. The number of hydrogen-bond donors (Lipinski definition) is 1. The molecule has 52 heavy (non-hydrogen) atoms. The first-order valence-electron chi connectivity index (χ1n) is 16.9. The highest BCUT2D eigenvalue weighted by molar-refractivity contribution is 6.32. The molecular weight excluding hydrogens is 754 g/mol. The maximum atomic E-state index is 13.1. The lowest BCUT2D eigenvalue weighted by atomic mass is 9.74. The van der Waals surface area contributed by atoms with Crippen molar-refractivity contribution in [3.05, 3.63) is 69.7 Å². The van der Waals surface area contributed by atoms with Crippen molar-refractivity contribution in [2.45, 2.75) is 69.9 Å². The van der Waals surface area contributed by atoms with E-state index in [0.29, 0.717) is 64.6 Å². The predicted octanol–water partition coefficient (Wildman–Crippen LogP) is 4.34. The van der Waals surface area contributed by atoms with E-state index in [-0.39, 0.29) is 44.2 Å². The number of nitrogens with two attached hydrogens (primary N) is 1. The molecule has 1 saturated heterocycles. The van der Waals surface area contributed by atoms with Gasteiger partial charge in [-0.25, -0.2) is 9.59 Å². The molecule has 2 aromatic carbocycles. The van der Waals surface area contributed by atoms with Crippen molar-refractivity contribution < 1.29 is 50.3 Å². The maximum absolute atomic E-state index is 13.1. The van der Waals surface area contributed by atoms with Crippen LogP contribution in [0.4, 0.5) is 9.59 Å². The molecule has 2 saturated carbocycles. The number of ether oxygens (including phenoxy) is 3. The van der Waals surface area contributed by atoms with Crippen LogP contribution in [0.1, 0.15) is 69.9 Å². The van der Waals surface area contributed by atoms with Gasteiger partial charge in [0.15, 0.2) is 17.6 Å². The topological polar surface area (TPSA) is 128 Å². The smallest absolute Gasteiger partial charge is 0.414 e. The highest BCUT2D eigenvalue weighted by Crippen LogP contribution is 2.43. The van der Waals surface area contributed by atoms with Crippen molar-refractivity contribution in [2.75, 3.05) is 67.3 Å². The van der Waals surface area contributed by atoms with Crippen molar-refractivity contribution in [3.63, 3.8) is 0 Å². The third-order valence-corrected chi connectivity index (χ3v) is 10.6. The quantitative estimate of drug-likeness (QED) is 0.324. The molecule has 2 aliphatic carbocycles. The van der Waals surface area contributed by atoms with E-state index in [0.717, 1.165) is 38.8 Å². The molecule has 2 N–H and O–H groups in total. The van der Waals surface area contributed by atoms with Gasteiger partial charge in [0.1, 0.15) is 24.2 Å². The molecular formula is C37H54Cl4N4O7. The monoisotopic (exact) mass is 806 g/mol. The van der Waals surface area contributed by atoms with Crippen LogP contribution < -0.4 is 18.1 Å². The molecule has 1 heterocycles. The SMILES string of the molecule is C.CN.CN(C(=O)OCCl)C1(c2ccccc2Cl)CCCCC1=O.CN(C(=O)OC[N+]1(C)CCOCC1)C1(c2ccccc2Cl)CCCCC1=O.[Cl-]. The van der Waals surface area contributed by atoms with Crippen molar-refractivity contribution in [3.8, 4) is 0 Å². The summed E-state index contributed by atoms with van der Waals surface area (Å²) < 4.78 is 16.5. The van der Waals surface area contributed by atoms with Gasteiger partial charge in [-0.15, -0.1) is 0 Å². The van der Waals surface area contributed by atoms with E-state index in [1.807, 2.05) is 31.3 Å². The zero-order chi connectivity index (χ0) is 37.0. The fraction of sp³-hybridized carbons (Fsp3) is 0.568. The summed E-state index contributed by atoms with van der Waals surface area (Å²) in [5.41, 5.74) is 3.70. The Morgan fingerprint density at radius 3 is 1.58 bits per heavy atom. The van der Waals surface area contributed by atoms with Crippen molar-refractivity contribution in [1.82, 2.24) is 9.80 Å². The van der Waals surface area contributed by atoms with E-state index in [2.05, 4.69) is 5.73 Å². The molecule has 3 fully saturated rings. The molecule has 15 heteroatoms. The molecule has 2 unspecified atom stereocenters. The molecule has 0 radical (unpaired) electrons. The van der Waals surface area contributed by atoms with Crippen molar-refractivity contribution in [1.29, 1.82) is 0 Å². The number of rotatable bonds is 7. The molecule has 3 aliphatic rings. The number of nitrogens with zero attached hydrogens (tertiary/aromatic N) is 3. The number of Topliss-reactive ketones (excluding diaryl/α,β-unsaturated/α-hetero) is 2. The van der Waals surface area contributed by atoms with Crippen LogP contribution in [0.2, 0.25) is 10.0 Å². The number of carbonyl (C=O) groups is 4. The Balaban J connectivity index is 0.000000491. The zero-order valence-corrected chi connectivity index (χ0v) is 32.8. The molecule has 2 aromatic rings. The van der Waals surface area contributed by atoms with E-state index in [4.69, 9.17) is 49.0 Å². The van der Waals surface area contributed by atoms with Gasteiger partial charge in [-0.3, -0.25) is 23.9 Å². The second kappa shape index (κ2) is 21.9. The van der Waals surface area contributed by atoms with Crippen molar-refractivity contribution in [2.24, 2.45) is 5.73 Å². The summed E-state index contributed by atoms with van der Waals surface area (Å²) in [5, 5.41) is 0.970. The molecule has 1 aliphatic heterocycles. The Morgan fingerprint density at radius 2 is 1.19 bits per heavy atom. The Hall–Kier alpha value is -2.64. The molecule has 0 aromatic heterocycles. The first-order valence-corrected chi connectivity index (χ1v) is 18.1. The lowest BCUT2D eigenvalue weighted by Gasteiger charge is -2.43. The van der Waals surface area contributed by atoms with Crippen LogP contribution in [0.5, 0.6) is 0 Å². The van der Waals surface area contributed by atoms with Gasteiger partial charge >= 0.3 is 12.2 Å². The van der Waals surface area contributed by atoms with Gasteiger partial charge in [-0.1, -0.05) is 78.6 Å². The van der Waals surface area contributed by atoms with Crippen LogP contribution >= 0.6 is 34.8 Å². The first kappa shape index (κ1) is 47.4. The summed E-state index contributed by atoms with van der Waals surface area (Å²) in [7, 11) is 6.75. The average molecular weight is 809 g/mol. The largest absolute Gasteiger partial charge is 1.00 e. The van der Waals surface area contributed by atoms with Gasteiger partial charge in [-0.2, -0.15) is 0 Å². The highest BCUT2D eigenvalue weighted by Gasteiger charge is 2.50. The summed E-state index contributed by atoms with van der Waals surface area (Å²) in [6, 6.07) is 14.1. The minimum absolute atomic E-state index is 0. The number of alkyl halides is 1. The Labute approximate surface area is 329 Å². The van der Waals surface area contributed by atoms with E-state index >= 15 is 0 Å². The van der Waals surface area contributed by atoms with Crippen LogP contribution in [-0.2, 0) is 34.9 Å². The summed E-state index contributed by atoms with van der Waals surface area (Å²) >= 11 is 18.2. The van der Waals surface area contributed by atoms with Gasteiger partial charge < -0.3 is 32.4 Å². The molecule has 2 amide bonds. The van der Waals surface area contributed by atoms with E-state index in [1.165, 1.54) is 16.8 Å². The third-order valence-electron chi connectivity index (χ3n) is 9.87. The summed E-state index contributed by atoms with van der Waals surface area (Å²) in [4.78, 5) is 53.6. The van der Waals surface area contributed by atoms with Crippen LogP contribution in [0.15, 0.2) is 48.5 Å². The number of quaternary nitrogens is 1. The van der Waals surface area contributed by atoms with Crippen LogP contribution in [0, 0.1) is 0 Å². The maximum Gasteiger partial charge on any atom is 0.414 e. The average Bonchev–Trinajstić information content (AvgIpc) is 3.13. The summed E-state index contributed by atoms with van der Waals surface area (Å²) in [6.07, 6.45) is 4.19. The molecule has 292 valence electrons. The van der Waals surface area contributed by atoms with Gasteiger partial charge in [-0.05, 0) is 57.7 Å². The fourth-order valence-corrected chi connectivity index (χ4v) is 7.61. The van der Waals surface area contributed by atoms with Gasteiger partial charge in [0.25, 0.3) is 0 Å². The normalized spacial score (nSPS) is 22.0. The molecule has 0 bridgehead atoms. The standard InChI is InChI=1S/C20H28ClN2O4.C15H17Cl2NO3.CH5N.CH4.ClH/c1-22(19(25)27-15-23(2)11-13-26-14-12-23)20(10-6-5-9-18(20)24)16-7-3-4-8-17(16)21;1-18(14(20)21-10-16)15(9-5-4-8-13(15)19)11-6-2-3-7-12(11)17;1-2;;/h3-4,7-8H,5-6,9-15H2,1-2H3;2-3,6-7H,4-5,8-10H2,1H3;2H2,1H3;1H4;1H/q+1;;;;/p-1. The summed E-state index contributed by atoms with van der Waals surface area (Å²) in [6.45, 7) is 3.17. The number of amides is 2.